The molecular weight excluding hydrogens is 298 g/mol. The molecular formula is C17H26ClN3O. The van der Waals surface area contributed by atoms with Crippen LogP contribution in [-0.4, -0.2) is 36.5 Å². The highest BCUT2D eigenvalue weighted by atomic mass is 35.5. The van der Waals surface area contributed by atoms with Gasteiger partial charge in [0.2, 0.25) is 5.91 Å². The number of halogens is 1. The summed E-state index contributed by atoms with van der Waals surface area (Å²) >= 11 is 6.12. The van der Waals surface area contributed by atoms with Crippen molar-refractivity contribution < 1.29 is 4.79 Å². The van der Waals surface area contributed by atoms with Crippen molar-refractivity contribution in [3.63, 3.8) is 0 Å². The number of carbonyl (C=O) groups is 1. The van der Waals surface area contributed by atoms with E-state index in [-0.39, 0.29) is 17.9 Å². The summed E-state index contributed by atoms with van der Waals surface area (Å²) in [5.74, 6) is 0.0534. The second kappa shape index (κ2) is 7.95. The number of likely N-dealkylation sites (tertiary alicyclic amines) is 1. The number of hydrogen-bond donors (Lipinski definition) is 2. The van der Waals surface area contributed by atoms with Gasteiger partial charge < -0.3 is 11.1 Å². The fraction of sp³-hybridized carbons (Fsp3) is 0.588. The Kier molecular flexibility index (Phi) is 6.24. The van der Waals surface area contributed by atoms with E-state index >= 15 is 0 Å². The SMILES string of the molecule is CC(C)[C@H](N)C(=O)NCC(c1cccc(Cl)c1)N1CCCC1. The molecule has 0 spiro atoms. The van der Waals surface area contributed by atoms with Crippen LogP contribution < -0.4 is 11.1 Å². The molecule has 4 nitrogen and oxygen atoms in total. The summed E-state index contributed by atoms with van der Waals surface area (Å²) in [5, 5.41) is 3.74. The lowest BCUT2D eigenvalue weighted by atomic mass is 10.0. The molecule has 1 fully saturated rings. The standard InChI is InChI=1S/C17H26ClN3O/c1-12(2)16(19)17(22)20-11-15(21-8-3-4-9-21)13-6-5-7-14(18)10-13/h5-7,10,12,15-16H,3-4,8-9,11,19H2,1-2H3,(H,20,22)/t15?,16-/m0/s1. The predicted molar refractivity (Wildman–Crippen MR) is 90.8 cm³/mol. The number of carbonyl (C=O) groups excluding carboxylic acids is 1. The van der Waals surface area contributed by atoms with Crippen LogP contribution in [0.4, 0.5) is 0 Å². The first-order chi connectivity index (χ1) is 10.5. The highest BCUT2D eigenvalue weighted by molar-refractivity contribution is 6.30. The minimum atomic E-state index is -0.460. The third-order valence-corrected chi connectivity index (χ3v) is 4.54. The molecule has 1 amide bonds. The fourth-order valence-electron chi connectivity index (χ4n) is 2.84. The first-order valence-electron chi connectivity index (χ1n) is 8.02. The van der Waals surface area contributed by atoms with Crippen LogP contribution in [0, 0.1) is 5.92 Å². The van der Waals surface area contributed by atoms with Gasteiger partial charge in [0.05, 0.1) is 12.1 Å². The number of amides is 1. The molecule has 5 heteroatoms. The van der Waals surface area contributed by atoms with Crippen molar-refractivity contribution in [1.82, 2.24) is 10.2 Å². The number of nitrogens with two attached hydrogens (primary N) is 1. The lowest BCUT2D eigenvalue weighted by molar-refractivity contribution is -0.123. The van der Waals surface area contributed by atoms with E-state index in [1.54, 1.807) is 0 Å². The van der Waals surface area contributed by atoms with Gasteiger partial charge in [0.15, 0.2) is 0 Å². The highest BCUT2D eigenvalue weighted by Crippen LogP contribution is 2.26. The van der Waals surface area contributed by atoms with Gasteiger partial charge in [-0.1, -0.05) is 37.6 Å². The van der Waals surface area contributed by atoms with Crippen LogP contribution in [0.2, 0.25) is 5.02 Å². The van der Waals surface area contributed by atoms with Crippen molar-refractivity contribution in [3.8, 4) is 0 Å². The van der Waals surface area contributed by atoms with E-state index in [0.717, 1.165) is 23.7 Å². The van der Waals surface area contributed by atoms with E-state index in [9.17, 15) is 4.79 Å². The van der Waals surface area contributed by atoms with Gasteiger partial charge in [-0.3, -0.25) is 9.69 Å². The molecule has 1 saturated heterocycles. The lowest BCUT2D eigenvalue weighted by Gasteiger charge is -2.29. The second-order valence-corrected chi connectivity index (χ2v) is 6.77. The van der Waals surface area contributed by atoms with Gasteiger partial charge in [0, 0.05) is 11.6 Å². The van der Waals surface area contributed by atoms with Crippen molar-refractivity contribution >= 4 is 17.5 Å². The minimum absolute atomic E-state index is 0.0822. The first kappa shape index (κ1) is 17.3. The van der Waals surface area contributed by atoms with Crippen molar-refractivity contribution in [1.29, 1.82) is 0 Å². The normalized spacial score (nSPS) is 18.4. The number of nitrogens with one attached hydrogen (secondary N) is 1. The van der Waals surface area contributed by atoms with E-state index in [0.29, 0.717) is 6.54 Å². The molecule has 1 aromatic carbocycles. The van der Waals surface area contributed by atoms with Crippen molar-refractivity contribution in [2.45, 2.75) is 38.8 Å². The van der Waals surface area contributed by atoms with Crippen molar-refractivity contribution in [2.75, 3.05) is 19.6 Å². The maximum atomic E-state index is 12.1. The van der Waals surface area contributed by atoms with Crippen LogP contribution in [-0.2, 0) is 4.79 Å². The van der Waals surface area contributed by atoms with Crippen LogP contribution in [0.3, 0.4) is 0 Å². The maximum absolute atomic E-state index is 12.1. The molecule has 1 aliphatic heterocycles. The van der Waals surface area contributed by atoms with Crippen LogP contribution in [0.1, 0.15) is 38.3 Å². The Morgan fingerprint density at radius 2 is 2.05 bits per heavy atom. The van der Waals surface area contributed by atoms with Crippen molar-refractivity contribution in [3.05, 3.63) is 34.9 Å². The van der Waals surface area contributed by atoms with Gasteiger partial charge in [-0.25, -0.2) is 0 Å². The number of benzene rings is 1. The third kappa shape index (κ3) is 4.45. The van der Waals surface area contributed by atoms with Gasteiger partial charge in [-0.2, -0.15) is 0 Å². The van der Waals surface area contributed by atoms with Crippen LogP contribution >= 0.6 is 11.6 Å². The summed E-state index contributed by atoms with van der Waals surface area (Å²) in [7, 11) is 0. The Bertz CT molecular complexity index is 500. The number of nitrogens with zero attached hydrogens (tertiary/aromatic N) is 1. The quantitative estimate of drug-likeness (QED) is 0.846. The molecule has 3 N–H and O–H groups in total. The molecule has 0 aromatic heterocycles. The van der Waals surface area contributed by atoms with Crippen LogP contribution in [0.5, 0.6) is 0 Å². The fourth-order valence-corrected chi connectivity index (χ4v) is 3.04. The zero-order valence-corrected chi connectivity index (χ0v) is 14.1. The third-order valence-electron chi connectivity index (χ3n) is 4.31. The average Bonchev–Trinajstić information content (AvgIpc) is 3.00. The Labute approximate surface area is 138 Å². The summed E-state index contributed by atoms with van der Waals surface area (Å²) < 4.78 is 0. The van der Waals surface area contributed by atoms with Gasteiger partial charge >= 0.3 is 0 Å². The van der Waals surface area contributed by atoms with Gasteiger partial charge in [-0.15, -0.1) is 0 Å². The van der Waals surface area contributed by atoms with Gasteiger partial charge in [-0.05, 0) is 49.5 Å². The largest absolute Gasteiger partial charge is 0.353 e. The van der Waals surface area contributed by atoms with E-state index in [2.05, 4.69) is 16.3 Å². The monoisotopic (exact) mass is 323 g/mol. The van der Waals surface area contributed by atoms with Crippen molar-refractivity contribution in [2.24, 2.45) is 11.7 Å². The number of hydrogen-bond acceptors (Lipinski definition) is 3. The Hall–Kier alpha value is -1.10. The Balaban J connectivity index is 2.07. The van der Waals surface area contributed by atoms with Gasteiger partial charge in [0.1, 0.15) is 0 Å². The first-order valence-corrected chi connectivity index (χ1v) is 8.39. The van der Waals surface area contributed by atoms with E-state index in [1.165, 1.54) is 12.8 Å². The minimum Gasteiger partial charge on any atom is -0.353 e. The molecule has 0 bridgehead atoms. The summed E-state index contributed by atoms with van der Waals surface area (Å²) in [6, 6.07) is 7.59. The molecule has 1 aromatic rings. The molecule has 2 rings (SSSR count). The summed E-state index contributed by atoms with van der Waals surface area (Å²) in [6.45, 7) is 6.60. The summed E-state index contributed by atoms with van der Waals surface area (Å²) in [6.07, 6.45) is 2.41. The number of rotatable bonds is 6. The molecule has 1 aliphatic rings. The van der Waals surface area contributed by atoms with E-state index in [1.807, 2.05) is 32.0 Å². The highest BCUT2D eigenvalue weighted by Gasteiger charge is 2.25. The summed E-state index contributed by atoms with van der Waals surface area (Å²) in [4.78, 5) is 14.5. The molecule has 2 atom stereocenters. The molecule has 0 aliphatic carbocycles. The predicted octanol–water partition coefficient (Wildman–Crippen LogP) is 2.58. The molecule has 1 heterocycles. The molecule has 122 valence electrons. The molecule has 0 radical (unpaired) electrons. The van der Waals surface area contributed by atoms with Crippen LogP contribution in [0.25, 0.3) is 0 Å². The zero-order chi connectivity index (χ0) is 16.1. The van der Waals surface area contributed by atoms with Crippen LogP contribution in [0.15, 0.2) is 24.3 Å². The Morgan fingerprint density at radius 3 is 2.64 bits per heavy atom. The van der Waals surface area contributed by atoms with Gasteiger partial charge in [0.25, 0.3) is 0 Å². The van der Waals surface area contributed by atoms with E-state index in [4.69, 9.17) is 17.3 Å². The maximum Gasteiger partial charge on any atom is 0.237 e. The summed E-state index contributed by atoms with van der Waals surface area (Å²) in [5.41, 5.74) is 7.06. The molecule has 1 unspecified atom stereocenters. The average molecular weight is 324 g/mol. The lowest BCUT2D eigenvalue weighted by Crippen LogP contribution is -2.46. The molecule has 22 heavy (non-hydrogen) atoms. The zero-order valence-electron chi connectivity index (χ0n) is 13.4. The second-order valence-electron chi connectivity index (χ2n) is 6.33. The smallest absolute Gasteiger partial charge is 0.237 e. The molecule has 0 saturated carbocycles. The van der Waals surface area contributed by atoms with E-state index < -0.39 is 6.04 Å². The Morgan fingerprint density at radius 1 is 1.36 bits per heavy atom. The topological polar surface area (TPSA) is 58.4 Å².